The second-order valence-corrected chi connectivity index (χ2v) is 5.40. The predicted molar refractivity (Wildman–Crippen MR) is 91.1 cm³/mol. The highest BCUT2D eigenvalue weighted by Gasteiger charge is 2.13. The molecule has 7 heteroatoms. The lowest BCUT2D eigenvalue weighted by Gasteiger charge is -2.12. The number of carbonyl (C=O) groups is 1. The molecule has 0 saturated heterocycles. The summed E-state index contributed by atoms with van der Waals surface area (Å²) in [7, 11) is 1.82. The number of nitrogens with one attached hydrogen (secondary N) is 2. The third-order valence-electron chi connectivity index (χ3n) is 3.51. The number of aryl methyl sites for hydroxylation is 2. The molecule has 1 unspecified atom stereocenters. The summed E-state index contributed by atoms with van der Waals surface area (Å²) in [5.41, 5.74) is 2.30. The van der Waals surface area contributed by atoms with Crippen molar-refractivity contribution < 1.29 is 9.18 Å². The number of amides is 1. The third kappa shape index (κ3) is 4.53. The fraction of sp³-hybridized carbons (Fsp3) is 0.375. The van der Waals surface area contributed by atoms with Gasteiger partial charge in [-0.25, -0.2) is 9.07 Å². The summed E-state index contributed by atoms with van der Waals surface area (Å²) < 4.78 is 15.8. The van der Waals surface area contributed by atoms with Crippen molar-refractivity contribution in [3.05, 3.63) is 47.0 Å². The van der Waals surface area contributed by atoms with Crippen molar-refractivity contribution in [2.75, 3.05) is 13.6 Å². The molecule has 1 atom stereocenters. The molecule has 23 heavy (non-hydrogen) atoms. The monoisotopic (exact) mass is 340 g/mol. The second kappa shape index (κ2) is 8.08. The SMILES string of the molecule is CNC(C)CNC(=O)c1ccc(-n2nc(C)cc2C)c(F)c1.Cl. The van der Waals surface area contributed by atoms with E-state index in [0.717, 1.165) is 11.4 Å². The first-order valence-electron chi connectivity index (χ1n) is 7.21. The highest BCUT2D eigenvalue weighted by molar-refractivity contribution is 5.94. The molecular formula is C16H22ClFN4O. The second-order valence-electron chi connectivity index (χ2n) is 5.40. The van der Waals surface area contributed by atoms with Gasteiger partial charge in [0.1, 0.15) is 11.5 Å². The van der Waals surface area contributed by atoms with Gasteiger partial charge >= 0.3 is 0 Å². The topological polar surface area (TPSA) is 58.9 Å². The molecule has 0 bridgehead atoms. The molecule has 0 fully saturated rings. The van der Waals surface area contributed by atoms with Crippen LogP contribution in [0.15, 0.2) is 24.3 Å². The van der Waals surface area contributed by atoms with Crippen molar-refractivity contribution in [2.45, 2.75) is 26.8 Å². The fourth-order valence-corrected chi connectivity index (χ4v) is 2.14. The van der Waals surface area contributed by atoms with Gasteiger partial charge in [0.05, 0.1) is 5.69 Å². The van der Waals surface area contributed by atoms with Crippen LogP contribution in [0.5, 0.6) is 0 Å². The molecule has 1 heterocycles. The molecule has 1 aromatic carbocycles. The van der Waals surface area contributed by atoms with Gasteiger partial charge in [0, 0.05) is 23.8 Å². The lowest BCUT2D eigenvalue weighted by Crippen LogP contribution is -2.37. The number of benzene rings is 1. The maximum atomic E-state index is 14.3. The van der Waals surface area contributed by atoms with E-state index >= 15 is 0 Å². The van der Waals surface area contributed by atoms with Crippen molar-refractivity contribution in [1.29, 1.82) is 0 Å². The zero-order chi connectivity index (χ0) is 16.3. The molecule has 0 aliphatic carbocycles. The summed E-state index contributed by atoms with van der Waals surface area (Å²) in [6.07, 6.45) is 0. The lowest BCUT2D eigenvalue weighted by molar-refractivity contribution is 0.0950. The molecule has 5 nitrogen and oxygen atoms in total. The number of carbonyl (C=O) groups excluding carboxylic acids is 1. The van der Waals surface area contributed by atoms with Gasteiger partial charge in [-0.2, -0.15) is 5.10 Å². The standard InChI is InChI=1S/C16H21FN4O.ClH/c1-10-7-12(3)21(20-10)15-6-5-13(8-14(15)17)16(22)19-9-11(2)18-4;/h5-8,11,18H,9H2,1-4H3,(H,19,22);1H. The van der Waals surface area contributed by atoms with E-state index in [4.69, 9.17) is 0 Å². The van der Waals surface area contributed by atoms with Gasteiger partial charge in [0.2, 0.25) is 0 Å². The van der Waals surface area contributed by atoms with Crippen LogP contribution in [-0.2, 0) is 0 Å². The minimum absolute atomic E-state index is 0. The Morgan fingerprint density at radius 1 is 1.35 bits per heavy atom. The van der Waals surface area contributed by atoms with E-state index in [9.17, 15) is 9.18 Å². The van der Waals surface area contributed by atoms with E-state index in [1.807, 2.05) is 33.9 Å². The molecule has 2 rings (SSSR count). The summed E-state index contributed by atoms with van der Waals surface area (Å²) in [6, 6.07) is 6.45. The van der Waals surface area contributed by atoms with Crippen molar-refractivity contribution >= 4 is 18.3 Å². The first kappa shape index (κ1) is 19.1. The van der Waals surface area contributed by atoms with E-state index in [1.165, 1.54) is 10.7 Å². The quantitative estimate of drug-likeness (QED) is 0.878. The van der Waals surface area contributed by atoms with E-state index in [0.29, 0.717) is 17.8 Å². The predicted octanol–water partition coefficient (Wildman–Crippen LogP) is 2.39. The molecular weight excluding hydrogens is 319 g/mol. The normalized spacial score (nSPS) is 11.7. The van der Waals surface area contributed by atoms with Gasteiger partial charge < -0.3 is 10.6 Å². The fourth-order valence-electron chi connectivity index (χ4n) is 2.14. The summed E-state index contributed by atoms with van der Waals surface area (Å²) in [5.74, 6) is -0.763. The van der Waals surface area contributed by atoms with Gasteiger partial charge in [-0.3, -0.25) is 4.79 Å². The highest BCUT2D eigenvalue weighted by atomic mass is 35.5. The summed E-state index contributed by atoms with van der Waals surface area (Å²) in [4.78, 5) is 12.0. The van der Waals surface area contributed by atoms with E-state index < -0.39 is 5.82 Å². The zero-order valence-corrected chi connectivity index (χ0v) is 14.5. The molecule has 126 valence electrons. The van der Waals surface area contributed by atoms with Crippen LogP contribution < -0.4 is 10.6 Å². The third-order valence-corrected chi connectivity index (χ3v) is 3.51. The minimum atomic E-state index is -0.472. The largest absolute Gasteiger partial charge is 0.350 e. The Balaban J connectivity index is 0.00000264. The first-order valence-corrected chi connectivity index (χ1v) is 7.21. The summed E-state index contributed by atoms with van der Waals surface area (Å²) in [6.45, 7) is 6.15. The first-order chi connectivity index (χ1) is 10.4. The number of likely N-dealkylation sites (N-methyl/N-ethyl adjacent to an activating group) is 1. The minimum Gasteiger partial charge on any atom is -0.350 e. The number of nitrogens with zero attached hydrogens (tertiary/aromatic N) is 2. The van der Waals surface area contributed by atoms with E-state index in [2.05, 4.69) is 15.7 Å². The van der Waals surface area contributed by atoms with Crippen LogP contribution in [-0.4, -0.2) is 35.3 Å². The van der Waals surface area contributed by atoms with Crippen molar-refractivity contribution in [3.8, 4) is 5.69 Å². The number of rotatable bonds is 5. The van der Waals surface area contributed by atoms with Crippen LogP contribution in [0.25, 0.3) is 5.69 Å². The van der Waals surface area contributed by atoms with Gasteiger partial charge in [-0.1, -0.05) is 0 Å². The van der Waals surface area contributed by atoms with Crippen LogP contribution >= 0.6 is 12.4 Å². The van der Waals surface area contributed by atoms with Crippen LogP contribution in [0.1, 0.15) is 28.7 Å². The van der Waals surface area contributed by atoms with Crippen LogP contribution in [0.3, 0.4) is 0 Å². The number of aromatic nitrogens is 2. The lowest BCUT2D eigenvalue weighted by atomic mass is 10.1. The van der Waals surface area contributed by atoms with Gasteiger partial charge in [-0.05, 0) is 52.1 Å². The van der Waals surface area contributed by atoms with Crippen LogP contribution in [0, 0.1) is 19.7 Å². The number of hydrogen-bond donors (Lipinski definition) is 2. The molecule has 1 aromatic heterocycles. The molecule has 2 aromatic rings. The Kier molecular flexibility index (Phi) is 6.72. The molecule has 0 spiro atoms. The smallest absolute Gasteiger partial charge is 0.251 e. The molecule has 0 radical (unpaired) electrons. The molecule has 1 amide bonds. The van der Waals surface area contributed by atoms with E-state index in [-0.39, 0.29) is 24.4 Å². The molecule has 2 N–H and O–H groups in total. The van der Waals surface area contributed by atoms with Gasteiger partial charge in [0.25, 0.3) is 5.91 Å². The van der Waals surface area contributed by atoms with Crippen LogP contribution in [0.4, 0.5) is 4.39 Å². The van der Waals surface area contributed by atoms with Crippen molar-refractivity contribution in [3.63, 3.8) is 0 Å². The van der Waals surface area contributed by atoms with Crippen molar-refractivity contribution in [1.82, 2.24) is 20.4 Å². The Bertz CT molecular complexity index is 687. The Hall–Kier alpha value is -1.92. The van der Waals surface area contributed by atoms with Gasteiger partial charge in [0.15, 0.2) is 0 Å². The average Bonchev–Trinajstić information content (AvgIpc) is 2.82. The van der Waals surface area contributed by atoms with Crippen molar-refractivity contribution in [2.24, 2.45) is 0 Å². The van der Waals surface area contributed by atoms with Crippen LogP contribution in [0.2, 0.25) is 0 Å². The Labute approximate surface area is 141 Å². The molecule has 0 aliphatic heterocycles. The molecule has 0 saturated carbocycles. The maximum absolute atomic E-state index is 14.3. The molecule has 0 aliphatic rings. The number of hydrogen-bond acceptors (Lipinski definition) is 3. The van der Waals surface area contributed by atoms with E-state index in [1.54, 1.807) is 12.1 Å². The zero-order valence-electron chi connectivity index (χ0n) is 13.7. The number of halogens is 2. The maximum Gasteiger partial charge on any atom is 0.251 e. The Morgan fingerprint density at radius 3 is 2.57 bits per heavy atom. The summed E-state index contributed by atoms with van der Waals surface area (Å²) in [5, 5.41) is 10.0. The average molecular weight is 341 g/mol. The summed E-state index contributed by atoms with van der Waals surface area (Å²) >= 11 is 0. The Morgan fingerprint density at radius 2 is 2.04 bits per heavy atom. The van der Waals surface area contributed by atoms with Gasteiger partial charge in [-0.15, -0.1) is 12.4 Å². The highest BCUT2D eigenvalue weighted by Crippen LogP contribution is 2.17.